The number of fused-ring (bicyclic) bond motifs is 2. The molecule has 28 heavy (non-hydrogen) atoms. The first-order chi connectivity index (χ1) is 13.4. The molecule has 148 valence electrons. The third-order valence-electron chi connectivity index (χ3n) is 4.93. The Labute approximate surface area is 162 Å². The molecule has 0 fully saturated rings. The van der Waals surface area contributed by atoms with Gasteiger partial charge in [-0.2, -0.15) is 0 Å². The molecule has 7 heteroatoms. The molecule has 0 saturated carbocycles. The lowest BCUT2D eigenvalue weighted by molar-refractivity contribution is -0.159. The third-order valence-corrected chi connectivity index (χ3v) is 4.93. The van der Waals surface area contributed by atoms with Crippen LogP contribution in [-0.4, -0.2) is 51.4 Å². The highest BCUT2D eigenvalue weighted by atomic mass is 16.5. The van der Waals surface area contributed by atoms with Gasteiger partial charge in [0, 0.05) is 25.7 Å². The smallest absolute Gasteiger partial charge is 0.414 e. The SMILES string of the molecule is O=C(O)C(=O)O.Oc1ccc2c(c1)O[C@@H](CN1CCc3ccccc3C1)CC2. The normalized spacial score (nSPS) is 17.9. The van der Waals surface area contributed by atoms with Gasteiger partial charge in [0.2, 0.25) is 0 Å². The van der Waals surface area contributed by atoms with Crippen LogP contribution in [0.25, 0.3) is 0 Å². The van der Waals surface area contributed by atoms with Gasteiger partial charge in [-0.3, -0.25) is 4.90 Å². The summed E-state index contributed by atoms with van der Waals surface area (Å²) in [5, 5.41) is 24.4. The second-order valence-corrected chi connectivity index (χ2v) is 6.93. The molecule has 0 aromatic heterocycles. The molecule has 0 bridgehead atoms. The van der Waals surface area contributed by atoms with Crippen molar-refractivity contribution in [2.75, 3.05) is 13.1 Å². The van der Waals surface area contributed by atoms with E-state index in [1.807, 2.05) is 6.07 Å². The number of carboxylic acid groups (broad SMARTS) is 2. The predicted octanol–water partition coefficient (Wildman–Crippen LogP) is 2.30. The molecule has 0 radical (unpaired) electrons. The Morgan fingerprint density at radius 3 is 2.43 bits per heavy atom. The van der Waals surface area contributed by atoms with Crippen molar-refractivity contribution in [1.82, 2.24) is 4.90 Å². The average Bonchev–Trinajstić information content (AvgIpc) is 2.68. The molecular formula is C21H23NO6. The third kappa shape index (κ3) is 5.01. The van der Waals surface area contributed by atoms with E-state index in [1.54, 1.807) is 12.1 Å². The predicted molar refractivity (Wildman–Crippen MR) is 102 cm³/mol. The maximum Gasteiger partial charge on any atom is 0.414 e. The molecule has 2 aliphatic heterocycles. The monoisotopic (exact) mass is 385 g/mol. The Morgan fingerprint density at radius 1 is 1.00 bits per heavy atom. The maximum atomic E-state index is 9.61. The summed E-state index contributed by atoms with van der Waals surface area (Å²) in [7, 11) is 0. The number of hydrogen-bond acceptors (Lipinski definition) is 5. The van der Waals surface area contributed by atoms with Crippen molar-refractivity contribution >= 4 is 11.9 Å². The first-order valence-corrected chi connectivity index (χ1v) is 9.16. The van der Waals surface area contributed by atoms with Gasteiger partial charge in [0.15, 0.2) is 0 Å². The molecule has 1 atom stereocenters. The lowest BCUT2D eigenvalue weighted by Crippen LogP contribution is -2.40. The Morgan fingerprint density at radius 2 is 1.71 bits per heavy atom. The van der Waals surface area contributed by atoms with Gasteiger partial charge < -0.3 is 20.1 Å². The van der Waals surface area contributed by atoms with Crippen LogP contribution < -0.4 is 4.74 Å². The number of aromatic hydroxyl groups is 1. The number of aryl methyl sites for hydroxylation is 1. The molecule has 0 unspecified atom stereocenters. The van der Waals surface area contributed by atoms with E-state index >= 15 is 0 Å². The van der Waals surface area contributed by atoms with E-state index in [0.29, 0.717) is 0 Å². The molecule has 2 aromatic carbocycles. The van der Waals surface area contributed by atoms with E-state index in [1.165, 1.54) is 16.7 Å². The van der Waals surface area contributed by atoms with Crippen LogP contribution in [0.2, 0.25) is 0 Å². The summed E-state index contributed by atoms with van der Waals surface area (Å²) < 4.78 is 6.10. The van der Waals surface area contributed by atoms with Crippen LogP contribution >= 0.6 is 0 Å². The number of rotatable bonds is 2. The van der Waals surface area contributed by atoms with Crippen LogP contribution in [0.4, 0.5) is 0 Å². The number of benzene rings is 2. The minimum Gasteiger partial charge on any atom is -0.508 e. The standard InChI is InChI=1S/C19H21NO2.C2H2O4/c21-17-7-5-15-6-8-18(22-19(15)11-17)13-20-10-9-14-3-1-2-4-16(14)12-20;3-1(4)2(5)6/h1-5,7,11,18,21H,6,8-10,12-13H2;(H,3,4)(H,5,6)/t18-;/m1./s1. The number of aliphatic carboxylic acids is 2. The van der Waals surface area contributed by atoms with Gasteiger partial charge >= 0.3 is 11.9 Å². The lowest BCUT2D eigenvalue weighted by atomic mass is 9.98. The molecule has 0 spiro atoms. The van der Waals surface area contributed by atoms with Crippen molar-refractivity contribution in [3.05, 3.63) is 59.2 Å². The molecule has 7 nitrogen and oxygen atoms in total. The van der Waals surface area contributed by atoms with Gasteiger partial charge in [-0.1, -0.05) is 30.3 Å². The van der Waals surface area contributed by atoms with E-state index in [-0.39, 0.29) is 11.9 Å². The molecule has 3 N–H and O–H groups in total. The van der Waals surface area contributed by atoms with E-state index in [4.69, 9.17) is 24.5 Å². The summed E-state index contributed by atoms with van der Waals surface area (Å²) in [6.07, 6.45) is 3.43. The van der Waals surface area contributed by atoms with E-state index in [9.17, 15) is 5.11 Å². The fourth-order valence-corrected chi connectivity index (χ4v) is 3.54. The highest BCUT2D eigenvalue weighted by Gasteiger charge is 2.24. The van der Waals surface area contributed by atoms with E-state index in [2.05, 4.69) is 29.2 Å². The van der Waals surface area contributed by atoms with Crippen LogP contribution in [-0.2, 0) is 29.0 Å². The Kier molecular flexibility index (Phi) is 6.16. The van der Waals surface area contributed by atoms with Crippen LogP contribution in [0.3, 0.4) is 0 Å². The second-order valence-electron chi connectivity index (χ2n) is 6.93. The molecule has 4 rings (SSSR count). The summed E-state index contributed by atoms with van der Waals surface area (Å²) in [6, 6.07) is 14.2. The van der Waals surface area contributed by atoms with Gasteiger partial charge in [0.1, 0.15) is 17.6 Å². The second kappa shape index (κ2) is 8.75. The fourth-order valence-electron chi connectivity index (χ4n) is 3.54. The van der Waals surface area contributed by atoms with Crippen LogP contribution in [0.15, 0.2) is 42.5 Å². The van der Waals surface area contributed by atoms with E-state index < -0.39 is 11.9 Å². The van der Waals surface area contributed by atoms with Crippen LogP contribution in [0, 0.1) is 0 Å². The molecule has 0 aliphatic carbocycles. The number of carbonyl (C=O) groups is 2. The summed E-state index contributed by atoms with van der Waals surface area (Å²) in [4.78, 5) is 20.7. The van der Waals surface area contributed by atoms with Crippen LogP contribution in [0.5, 0.6) is 11.5 Å². The summed E-state index contributed by atoms with van der Waals surface area (Å²) in [5.74, 6) is -2.51. The minimum atomic E-state index is -1.82. The number of carboxylic acids is 2. The zero-order valence-electron chi connectivity index (χ0n) is 15.4. The van der Waals surface area contributed by atoms with Crippen molar-refractivity contribution < 1.29 is 29.6 Å². The largest absolute Gasteiger partial charge is 0.508 e. The summed E-state index contributed by atoms with van der Waals surface area (Å²) in [5.41, 5.74) is 4.14. The molecule has 2 aliphatic rings. The molecule has 2 aromatic rings. The van der Waals surface area contributed by atoms with Gasteiger partial charge in [-0.15, -0.1) is 0 Å². The van der Waals surface area contributed by atoms with Gasteiger partial charge in [-0.25, -0.2) is 9.59 Å². The Bertz CT molecular complexity index is 854. The summed E-state index contributed by atoms with van der Waals surface area (Å²) >= 11 is 0. The number of phenolic OH excluding ortho intramolecular Hbond substituents is 1. The highest BCUT2D eigenvalue weighted by Crippen LogP contribution is 2.31. The number of phenols is 1. The summed E-state index contributed by atoms with van der Waals surface area (Å²) in [6.45, 7) is 3.08. The zero-order chi connectivity index (χ0) is 20.1. The van der Waals surface area contributed by atoms with Crippen molar-refractivity contribution in [1.29, 1.82) is 0 Å². The minimum absolute atomic E-state index is 0.222. The van der Waals surface area contributed by atoms with Crippen molar-refractivity contribution in [3.8, 4) is 11.5 Å². The topological polar surface area (TPSA) is 107 Å². The van der Waals surface area contributed by atoms with Crippen molar-refractivity contribution in [2.45, 2.75) is 31.9 Å². The quantitative estimate of drug-likeness (QED) is 0.681. The van der Waals surface area contributed by atoms with Gasteiger partial charge in [-0.05, 0) is 42.0 Å². The highest BCUT2D eigenvalue weighted by molar-refractivity contribution is 6.27. The van der Waals surface area contributed by atoms with Gasteiger partial charge in [0.05, 0.1) is 0 Å². The fraction of sp³-hybridized carbons (Fsp3) is 0.333. The van der Waals surface area contributed by atoms with Crippen molar-refractivity contribution in [2.24, 2.45) is 0 Å². The molecular weight excluding hydrogens is 362 g/mol. The van der Waals surface area contributed by atoms with Crippen LogP contribution in [0.1, 0.15) is 23.1 Å². The van der Waals surface area contributed by atoms with Crippen molar-refractivity contribution in [3.63, 3.8) is 0 Å². The zero-order valence-corrected chi connectivity index (χ0v) is 15.4. The number of nitrogens with zero attached hydrogens (tertiary/aromatic N) is 1. The van der Waals surface area contributed by atoms with E-state index in [0.717, 1.165) is 44.6 Å². The Hall–Kier alpha value is -3.06. The molecule has 0 saturated heterocycles. The first-order valence-electron chi connectivity index (χ1n) is 9.16. The number of hydrogen-bond donors (Lipinski definition) is 3. The average molecular weight is 385 g/mol. The molecule has 2 heterocycles. The lowest BCUT2D eigenvalue weighted by Gasteiger charge is -2.34. The first kappa shape index (κ1) is 19.7. The Balaban J connectivity index is 0.000000330. The number of ether oxygens (including phenoxy) is 1. The maximum absolute atomic E-state index is 9.61. The van der Waals surface area contributed by atoms with Gasteiger partial charge in [0.25, 0.3) is 0 Å². The molecule has 0 amide bonds.